The molecule has 0 saturated carbocycles. The molecule has 0 atom stereocenters. The van der Waals surface area contributed by atoms with Crippen LogP contribution in [0.15, 0.2) is 16.6 Å². The van der Waals surface area contributed by atoms with E-state index >= 15 is 0 Å². The van der Waals surface area contributed by atoms with Crippen molar-refractivity contribution in [1.82, 2.24) is 0 Å². The molecule has 0 unspecified atom stereocenters. The van der Waals surface area contributed by atoms with Crippen molar-refractivity contribution in [1.29, 1.82) is 5.26 Å². The third-order valence-electron chi connectivity index (χ3n) is 1.90. The number of rotatable bonds is 2. The van der Waals surface area contributed by atoms with E-state index < -0.39 is 5.97 Å². The van der Waals surface area contributed by atoms with Gasteiger partial charge in [0.15, 0.2) is 0 Å². The number of ether oxygens (including phenoxy) is 1. The maximum Gasteiger partial charge on any atom is 0.340 e. The number of hydrogen-bond donors (Lipinski definition) is 1. The lowest BCUT2D eigenvalue weighted by atomic mass is 10.0. The van der Waals surface area contributed by atoms with Crippen LogP contribution in [-0.4, -0.2) is 13.1 Å². The summed E-state index contributed by atoms with van der Waals surface area (Å²) in [5.41, 5.74) is 6.73. The number of nitriles is 1. The van der Waals surface area contributed by atoms with Crippen molar-refractivity contribution in [2.24, 2.45) is 5.73 Å². The molecule has 0 heterocycles. The van der Waals surface area contributed by atoms with Crippen LogP contribution < -0.4 is 5.73 Å². The zero-order chi connectivity index (χ0) is 11.4. The van der Waals surface area contributed by atoms with E-state index in [9.17, 15) is 4.79 Å². The van der Waals surface area contributed by atoms with Gasteiger partial charge in [-0.25, -0.2) is 4.79 Å². The minimum Gasteiger partial charge on any atom is -0.465 e. The lowest BCUT2D eigenvalue weighted by Gasteiger charge is -2.06. The summed E-state index contributed by atoms with van der Waals surface area (Å²) in [7, 11) is 1.27. The molecule has 0 aliphatic rings. The van der Waals surface area contributed by atoms with Crippen molar-refractivity contribution in [2.45, 2.75) is 6.54 Å². The fraction of sp³-hybridized carbons (Fsp3) is 0.200. The Morgan fingerprint density at radius 3 is 2.80 bits per heavy atom. The first-order valence-electron chi connectivity index (χ1n) is 4.15. The van der Waals surface area contributed by atoms with Gasteiger partial charge >= 0.3 is 5.97 Å². The van der Waals surface area contributed by atoms with E-state index in [4.69, 9.17) is 11.0 Å². The Hall–Kier alpha value is -1.38. The summed E-state index contributed by atoms with van der Waals surface area (Å²) < 4.78 is 5.10. The number of nitrogens with zero attached hydrogens (tertiary/aromatic N) is 1. The number of carbonyl (C=O) groups is 1. The Bertz CT molecular complexity index is 438. The molecule has 78 valence electrons. The van der Waals surface area contributed by atoms with E-state index in [1.807, 2.05) is 6.07 Å². The van der Waals surface area contributed by atoms with Gasteiger partial charge in [0.25, 0.3) is 0 Å². The minimum atomic E-state index is -0.540. The summed E-state index contributed by atoms with van der Waals surface area (Å²) >= 11 is 3.21. The number of methoxy groups -OCH3 is 1. The van der Waals surface area contributed by atoms with Crippen LogP contribution in [0.1, 0.15) is 21.5 Å². The van der Waals surface area contributed by atoms with Crippen LogP contribution in [0.25, 0.3) is 0 Å². The summed E-state index contributed by atoms with van der Waals surface area (Å²) in [5.74, 6) is -0.540. The van der Waals surface area contributed by atoms with Gasteiger partial charge in [0.1, 0.15) is 6.07 Å². The van der Waals surface area contributed by atoms with Crippen molar-refractivity contribution in [3.63, 3.8) is 0 Å². The number of carbonyl (C=O) groups excluding carboxylic acids is 1. The summed E-state index contributed by atoms with van der Waals surface area (Å²) in [5, 5.41) is 8.89. The Kier molecular flexibility index (Phi) is 3.83. The number of nitrogens with two attached hydrogens (primary N) is 1. The third-order valence-corrected chi connectivity index (χ3v) is 2.52. The summed E-state index contributed by atoms with van der Waals surface area (Å²) in [6.45, 7) is 0.314. The van der Waals surface area contributed by atoms with Crippen molar-refractivity contribution in [3.8, 4) is 6.07 Å². The highest BCUT2D eigenvalue weighted by molar-refractivity contribution is 9.10. The molecule has 1 rings (SSSR count). The van der Waals surface area contributed by atoms with Crippen LogP contribution in [0.2, 0.25) is 0 Å². The average molecular weight is 269 g/mol. The predicted octanol–water partition coefficient (Wildman–Crippen LogP) is 1.57. The molecule has 0 spiro atoms. The Labute approximate surface area is 95.8 Å². The van der Waals surface area contributed by atoms with Crippen LogP contribution in [0, 0.1) is 11.3 Å². The van der Waals surface area contributed by atoms with E-state index in [-0.39, 0.29) is 11.1 Å². The molecular formula is C10H9BrN2O2. The van der Waals surface area contributed by atoms with Crippen LogP contribution in [-0.2, 0) is 11.3 Å². The zero-order valence-corrected chi connectivity index (χ0v) is 9.67. The molecular weight excluding hydrogens is 260 g/mol. The highest BCUT2D eigenvalue weighted by Crippen LogP contribution is 2.23. The molecule has 0 aliphatic carbocycles. The van der Waals surface area contributed by atoms with Crippen molar-refractivity contribution in [3.05, 3.63) is 33.3 Å². The first-order chi connectivity index (χ1) is 7.13. The second-order valence-electron chi connectivity index (χ2n) is 2.81. The second kappa shape index (κ2) is 4.91. The summed E-state index contributed by atoms with van der Waals surface area (Å²) in [6.07, 6.45) is 0. The van der Waals surface area contributed by atoms with Gasteiger partial charge in [0.05, 0.1) is 18.2 Å². The fourth-order valence-corrected chi connectivity index (χ4v) is 1.85. The topological polar surface area (TPSA) is 76.1 Å². The molecule has 0 aromatic heterocycles. The largest absolute Gasteiger partial charge is 0.465 e. The number of benzene rings is 1. The smallest absolute Gasteiger partial charge is 0.340 e. The Morgan fingerprint density at radius 2 is 2.33 bits per heavy atom. The molecule has 0 saturated heterocycles. The summed E-state index contributed by atoms with van der Waals surface area (Å²) in [4.78, 5) is 11.4. The van der Waals surface area contributed by atoms with Gasteiger partial charge in [-0.1, -0.05) is 0 Å². The fourth-order valence-electron chi connectivity index (χ4n) is 1.18. The predicted molar refractivity (Wildman–Crippen MR) is 58.1 cm³/mol. The second-order valence-corrected chi connectivity index (χ2v) is 3.66. The van der Waals surface area contributed by atoms with Gasteiger partial charge in [-0.15, -0.1) is 0 Å². The Balaban J connectivity index is 3.39. The molecule has 0 amide bonds. The lowest BCUT2D eigenvalue weighted by Crippen LogP contribution is -2.07. The molecule has 0 aliphatic heterocycles. The zero-order valence-electron chi connectivity index (χ0n) is 8.08. The van der Waals surface area contributed by atoms with E-state index in [2.05, 4.69) is 20.7 Å². The molecule has 5 heteroatoms. The quantitative estimate of drug-likeness (QED) is 0.827. The molecule has 15 heavy (non-hydrogen) atoms. The molecule has 2 N–H and O–H groups in total. The van der Waals surface area contributed by atoms with Crippen LogP contribution in [0.4, 0.5) is 0 Å². The molecule has 0 bridgehead atoms. The van der Waals surface area contributed by atoms with Crippen molar-refractivity contribution < 1.29 is 9.53 Å². The molecule has 0 fully saturated rings. The van der Waals surface area contributed by atoms with Crippen LogP contribution >= 0.6 is 15.9 Å². The number of esters is 1. The van der Waals surface area contributed by atoms with E-state index in [0.717, 1.165) is 5.56 Å². The number of halogens is 1. The van der Waals surface area contributed by atoms with Crippen molar-refractivity contribution >= 4 is 21.9 Å². The number of hydrogen-bond acceptors (Lipinski definition) is 4. The third kappa shape index (κ3) is 2.35. The highest BCUT2D eigenvalue weighted by Gasteiger charge is 2.16. The van der Waals surface area contributed by atoms with E-state index in [1.165, 1.54) is 7.11 Å². The molecule has 1 aromatic rings. The lowest BCUT2D eigenvalue weighted by molar-refractivity contribution is 0.0599. The standard InChI is InChI=1S/C10H9BrN2O2/c1-15-10(14)9-7(5-13)2-6(4-12)3-8(9)11/h2-3H,4,12H2,1H3. The first-order valence-corrected chi connectivity index (χ1v) is 4.94. The van der Waals surface area contributed by atoms with E-state index in [1.54, 1.807) is 12.1 Å². The molecule has 1 aromatic carbocycles. The van der Waals surface area contributed by atoms with Gasteiger partial charge in [-0.05, 0) is 33.6 Å². The average Bonchev–Trinajstić information content (AvgIpc) is 2.26. The van der Waals surface area contributed by atoms with Gasteiger partial charge in [-0.2, -0.15) is 5.26 Å². The van der Waals surface area contributed by atoms with E-state index in [0.29, 0.717) is 11.0 Å². The van der Waals surface area contributed by atoms with Crippen LogP contribution in [0.3, 0.4) is 0 Å². The normalized spacial score (nSPS) is 9.47. The maximum atomic E-state index is 11.4. The monoisotopic (exact) mass is 268 g/mol. The van der Waals surface area contributed by atoms with Crippen LogP contribution in [0.5, 0.6) is 0 Å². The first kappa shape index (κ1) is 11.7. The SMILES string of the molecule is COC(=O)c1c(Br)cc(CN)cc1C#N. The molecule has 4 nitrogen and oxygen atoms in total. The highest BCUT2D eigenvalue weighted by atomic mass is 79.9. The van der Waals surface area contributed by atoms with Gasteiger partial charge in [-0.3, -0.25) is 0 Å². The summed E-state index contributed by atoms with van der Waals surface area (Å²) in [6, 6.07) is 5.22. The van der Waals surface area contributed by atoms with Gasteiger partial charge in [0, 0.05) is 11.0 Å². The maximum absolute atomic E-state index is 11.4. The minimum absolute atomic E-state index is 0.234. The molecule has 0 radical (unpaired) electrons. The Morgan fingerprint density at radius 1 is 1.67 bits per heavy atom. The van der Waals surface area contributed by atoms with Gasteiger partial charge in [0.2, 0.25) is 0 Å². The van der Waals surface area contributed by atoms with Gasteiger partial charge < -0.3 is 10.5 Å². The van der Waals surface area contributed by atoms with Crippen molar-refractivity contribution in [2.75, 3.05) is 7.11 Å².